The predicted molar refractivity (Wildman–Crippen MR) is 71.2 cm³/mol. The molecule has 2 rings (SSSR count). The van der Waals surface area contributed by atoms with Crippen LogP contribution in [0.1, 0.15) is 17.4 Å². The molecule has 2 N–H and O–H groups in total. The number of nitrogen functional groups attached to an aromatic ring is 1. The van der Waals surface area contributed by atoms with Crippen molar-refractivity contribution >= 4 is 11.7 Å². The maximum atomic E-state index is 11.7. The molecule has 0 aliphatic heterocycles. The number of nitrogens with two attached hydrogens (primary N) is 1. The number of nitrogens with zero attached hydrogens (tertiary/aromatic N) is 1. The maximum Gasteiger partial charge on any atom is 0.354 e. The number of carbonyl (C=O) groups excluding carboxylic acids is 1. The molecule has 0 amide bonds. The first-order valence-corrected chi connectivity index (χ1v) is 5.81. The van der Waals surface area contributed by atoms with Gasteiger partial charge in [0.25, 0.3) is 0 Å². The molecule has 0 fully saturated rings. The molecule has 0 saturated heterocycles. The molecule has 0 atom stereocenters. The summed E-state index contributed by atoms with van der Waals surface area (Å²) in [4.78, 5) is 11.7. The highest BCUT2D eigenvalue weighted by Crippen LogP contribution is 2.23. The smallest absolute Gasteiger partial charge is 0.354 e. The summed E-state index contributed by atoms with van der Waals surface area (Å²) in [6.07, 6.45) is 1.90. The van der Waals surface area contributed by atoms with Crippen LogP contribution in [0.3, 0.4) is 0 Å². The molecule has 0 spiro atoms. The van der Waals surface area contributed by atoms with Gasteiger partial charge in [-0.05, 0) is 30.7 Å². The van der Waals surface area contributed by atoms with Crippen LogP contribution < -0.4 is 5.73 Å². The Labute approximate surface area is 106 Å². The fourth-order valence-corrected chi connectivity index (χ4v) is 1.81. The van der Waals surface area contributed by atoms with Crippen LogP contribution >= 0.6 is 0 Å². The number of carbonyl (C=O) groups is 1. The largest absolute Gasteiger partial charge is 0.461 e. The molecular formula is C14H16N2O2. The maximum absolute atomic E-state index is 11.7. The van der Waals surface area contributed by atoms with E-state index in [4.69, 9.17) is 10.5 Å². The fourth-order valence-electron chi connectivity index (χ4n) is 1.81. The number of benzene rings is 1. The van der Waals surface area contributed by atoms with Crippen LogP contribution in [-0.4, -0.2) is 17.1 Å². The highest BCUT2D eigenvalue weighted by Gasteiger charge is 2.13. The number of esters is 1. The van der Waals surface area contributed by atoms with Crippen molar-refractivity contribution < 1.29 is 9.53 Å². The zero-order valence-corrected chi connectivity index (χ0v) is 10.5. The van der Waals surface area contributed by atoms with Gasteiger partial charge in [0.15, 0.2) is 0 Å². The summed E-state index contributed by atoms with van der Waals surface area (Å²) in [7, 11) is 1.83. The summed E-state index contributed by atoms with van der Waals surface area (Å²) < 4.78 is 6.76. The Hall–Kier alpha value is -2.23. The second kappa shape index (κ2) is 4.96. The van der Waals surface area contributed by atoms with E-state index in [1.165, 1.54) is 0 Å². The Bertz CT molecular complexity index is 556. The van der Waals surface area contributed by atoms with Gasteiger partial charge in [0.05, 0.1) is 6.61 Å². The standard InChI is InChI=1S/C14H16N2O2/c1-3-18-14(17)13-8-11(9-16(13)2)10-4-6-12(15)7-5-10/h4-9H,3,15H2,1-2H3. The Balaban J connectivity index is 2.34. The molecule has 0 aliphatic carbocycles. The molecule has 0 saturated carbocycles. The molecule has 1 aromatic heterocycles. The number of anilines is 1. The Morgan fingerprint density at radius 2 is 1.94 bits per heavy atom. The summed E-state index contributed by atoms with van der Waals surface area (Å²) in [6, 6.07) is 9.36. The summed E-state index contributed by atoms with van der Waals surface area (Å²) in [5.74, 6) is -0.304. The van der Waals surface area contributed by atoms with Gasteiger partial charge in [-0.1, -0.05) is 12.1 Å². The first-order chi connectivity index (χ1) is 8.61. The molecule has 0 radical (unpaired) electrons. The van der Waals surface area contributed by atoms with E-state index in [0.717, 1.165) is 16.8 Å². The van der Waals surface area contributed by atoms with E-state index < -0.39 is 0 Å². The van der Waals surface area contributed by atoms with Gasteiger partial charge in [0, 0.05) is 24.5 Å². The van der Waals surface area contributed by atoms with Crippen molar-refractivity contribution in [2.24, 2.45) is 7.05 Å². The Morgan fingerprint density at radius 1 is 1.28 bits per heavy atom. The van der Waals surface area contributed by atoms with Gasteiger partial charge in [-0.2, -0.15) is 0 Å². The molecular weight excluding hydrogens is 228 g/mol. The predicted octanol–water partition coefficient (Wildman–Crippen LogP) is 2.45. The highest BCUT2D eigenvalue weighted by atomic mass is 16.5. The van der Waals surface area contributed by atoms with Crippen LogP contribution in [0.5, 0.6) is 0 Å². The minimum Gasteiger partial charge on any atom is -0.461 e. The van der Waals surface area contributed by atoms with Crippen molar-refractivity contribution in [2.75, 3.05) is 12.3 Å². The topological polar surface area (TPSA) is 57.2 Å². The highest BCUT2D eigenvalue weighted by molar-refractivity contribution is 5.89. The number of rotatable bonds is 3. The summed E-state index contributed by atoms with van der Waals surface area (Å²) in [5.41, 5.74) is 8.91. The molecule has 1 heterocycles. The normalized spacial score (nSPS) is 10.3. The summed E-state index contributed by atoms with van der Waals surface area (Å²) in [5, 5.41) is 0. The number of hydrogen-bond donors (Lipinski definition) is 1. The zero-order valence-electron chi connectivity index (χ0n) is 10.5. The molecule has 0 bridgehead atoms. The molecule has 0 unspecified atom stereocenters. The molecule has 0 aliphatic rings. The van der Waals surface area contributed by atoms with E-state index in [1.54, 1.807) is 11.5 Å². The van der Waals surface area contributed by atoms with Gasteiger partial charge in [-0.3, -0.25) is 0 Å². The third-order valence-corrected chi connectivity index (χ3v) is 2.73. The van der Waals surface area contributed by atoms with Gasteiger partial charge in [0.1, 0.15) is 5.69 Å². The lowest BCUT2D eigenvalue weighted by molar-refractivity contribution is 0.0515. The summed E-state index contributed by atoms with van der Waals surface area (Å²) in [6.45, 7) is 2.17. The first kappa shape index (κ1) is 12.2. The molecule has 4 nitrogen and oxygen atoms in total. The lowest BCUT2D eigenvalue weighted by atomic mass is 10.1. The monoisotopic (exact) mass is 244 g/mol. The second-order valence-corrected chi connectivity index (χ2v) is 4.07. The summed E-state index contributed by atoms with van der Waals surface area (Å²) >= 11 is 0. The number of aromatic nitrogens is 1. The van der Waals surface area contributed by atoms with Crippen LogP contribution in [0, 0.1) is 0 Å². The number of ether oxygens (including phenoxy) is 1. The van der Waals surface area contributed by atoms with E-state index in [-0.39, 0.29) is 5.97 Å². The van der Waals surface area contributed by atoms with Crippen molar-refractivity contribution in [3.8, 4) is 11.1 Å². The van der Waals surface area contributed by atoms with Crippen LogP contribution in [0.2, 0.25) is 0 Å². The van der Waals surface area contributed by atoms with E-state index >= 15 is 0 Å². The van der Waals surface area contributed by atoms with Crippen LogP contribution in [-0.2, 0) is 11.8 Å². The number of aryl methyl sites for hydroxylation is 1. The minimum absolute atomic E-state index is 0.304. The average Bonchev–Trinajstić information content (AvgIpc) is 2.72. The number of hydrogen-bond acceptors (Lipinski definition) is 3. The second-order valence-electron chi connectivity index (χ2n) is 4.07. The fraction of sp³-hybridized carbons (Fsp3) is 0.214. The van der Waals surface area contributed by atoms with Gasteiger partial charge in [0.2, 0.25) is 0 Å². The molecule has 94 valence electrons. The van der Waals surface area contributed by atoms with Crippen molar-refractivity contribution in [3.05, 3.63) is 42.2 Å². The van der Waals surface area contributed by atoms with Gasteiger partial charge >= 0.3 is 5.97 Å². The molecule has 4 heteroatoms. The van der Waals surface area contributed by atoms with Gasteiger partial charge < -0.3 is 15.0 Å². The van der Waals surface area contributed by atoms with E-state index in [2.05, 4.69) is 0 Å². The third kappa shape index (κ3) is 2.37. The van der Waals surface area contributed by atoms with Gasteiger partial charge in [-0.25, -0.2) is 4.79 Å². The Morgan fingerprint density at radius 3 is 2.56 bits per heavy atom. The van der Waals surface area contributed by atoms with Crippen LogP contribution in [0.4, 0.5) is 5.69 Å². The lowest BCUT2D eigenvalue weighted by Crippen LogP contribution is -2.08. The third-order valence-electron chi connectivity index (χ3n) is 2.73. The van der Waals surface area contributed by atoms with E-state index in [1.807, 2.05) is 43.6 Å². The first-order valence-electron chi connectivity index (χ1n) is 5.81. The quantitative estimate of drug-likeness (QED) is 0.666. The van der Waals surface area contributed by atoms with Crippen LogP contribution in [0.15, 0.2) is 36.5 Å². The van der Waals surface area contributed by atoms with Gasteiger partial charge in [-0.15, -0.1) is 0 Å². The van der Waals surface area contributed by atoms with E-state index in [0.29, 0.717) is 12.3 Å². The van der Waals surface area contributed by atoms with Crippen LogP contribution in [0.25, 0.3) is 11.1 Å². The van der Waals surface area contributed by atoms with Crippen molar-refractivity contribution in [1.82, 2.24) is 4.57 Å². The van der Waals surface area contributed by atoms with Crippen molar-refractivity contribution in [1.29, 1.82) is 0 Å². The minimum atomic E-state index is -0.304. The average molecular weight is 244 g/mol. The Kier molecular flexibility index (Phi) is 3.37. The molecule has 2 aromatic rings. The van der Waals surface area contributed by atoms with E-state index in [9.17, 15) is 4.79 Å². The molecule has 18 heavy (non-hydrogen) atoms. The lowest BCUT2D eigenvalue weighted by Gasteiger charge is -2.01. The SMILES string of the molecule is CCOC(=O)c1cc(-c2ccc(N)cc2)cn1C. The zero-order chi connectivity index (χ0) is 13.1. The van der Waals surface area contributed by atoms with Crippen molar-refractivity contribution in [3.63, 3.8) is 0 Å². The molecule has 1 aromatic carbocycles. The van der Waals surface area contributed by atoms with Crippen molar-refractivity contribution in [2.45, 2.75) is 6.92 Å².